The maximum atomic E-state index is 12.3. The van der Waals surface area contributed by atoms with E-state index >= 15 is 0 Å². The topological polar surface area (TPSA) is 88.3 Å². The van der Waals surface area contributed by atoms with E-state index in [9.17, 15) is 9.59 Å². The lowest BCUT2D eigenvalue weighted by Gasteiger charge is -2.18. The first-order valence-corrected chi connectivity index (χ1v) is 9.34. The standard InChI is InChI=1S/C16H18N4O2S2/c1-10-15(23-9-13(17)21)24-16(18-10)19-14(22)8-20-7-6-11-4-2-3-5-12(11)20/h2-5H,6-9H2,1H3,(H2,17,21)(H,18,19,22). The number of carbonyl (C=O) groups excluding carboxylic acids is 2. The molecule has 6 nitrogen and oxygen atoms in total. The highest BCUT2D eigenvalue weighted by Crippen LogP contribution is 2.32. The summed E-state index contributed by atoms with van der Waals surface area (Å²) in [4.78, 5) is 29.6. The highest BCUT2D eigenvalue weighted by atomic mass is 32.2. The number of rotatable bonds is 6. The molecule has 2 amide bonds. The summed E-state index contributed by atoms with van der Waals surface area (Å²) in [6.07, 6.45) is 0.966. The SMILES string of the molecule is Cc1nc(NC(=O)CN2CCc3ccccc32)sc1SCC(N)=O. The number of anilines is 2. The Balaban J connectivity index is 1.60. The molecule has 0 unspecified atom stereocenters. The van der Waals surface area contributed by atoms with Crippen LogP contribution in [0.4, 0.5) is 10.8 Å². The van der Waals surface area contributed by atoms with E-state index in [-0.39, 0.29) is 17.6 Å². The van der Waals surface area contributed by atoms with Crippen molar-refractivity contribution in [3.63, 3.8) is 0 Å². The maximum Gasteiger partial charge on any atom is 0.245 e. The second-order valence-electron chi connectivity index (χ2n) is 5.50. The van der Waals surface area contributed by atoms with Gasteiger partial charge in [0.25, 0.3) is 0 Å². The molecular formula is C16H18N4O2S2. The number of nitrogens with one attached hydrogen (secondary N) is 1. The molecule has 3 rings (SSSR count). The average Bonchev–Trinajstić information content (AvgIpc) is 3.09. The molecule has 1 aliphatic rings. The smallest absolute Gasteiger partial charge is 0.245 e. The molecule has 2 aromatic rings. The van der Waals surface area contributed by atoms with Gasteiger partial charge in [-0.05, 0) is 25.0 Å². The first-order chi connectivity index (χ1) is 11.5. The van der Waals surface area contributed by atoms with Gasteiger partial charge in [-0.3, -0.25) is 9.59 Å². The molecule has 1 aromatic heterocycles. The Kier molecular flexibility index (Phi) is 5.06. The van der Waals surface area contributed by atoms with Gasteiger partial charge in [-0.25, -0.2) is 4.98 Å². The number of thioether (sulfide) groups is 1. The number of hydrogen-bond donors (Lipinski definition) is 2. The first-order valence-electron chi connectivity index (χ1n) is 7.54. The zero-order valence-corrected chi connectivity index (χ0v) is 14.9. The predicted octanol–water partition coefficient (Wildman–Crippen LogP) is 2.03. The quantitative estimate of drug-likeness (QED) is 0.768. The van der Waals surface area contributed by atoms with Crippen LogP contribution in [0.25, 0.3) is 0 Å². The zero-order valence-electron chi connectivity index (χ0n) is 13.2. The summed E-state index contributed by atoms with van der Waals surface area (Å²) in [7, 11) is 0. The summed E-state index contributed by atoms with van der Waals surface area (Å²) in [6.45, 7) is 3.01. The number of amides is 2. The number of aryl methyl sites for hydroxylation is 1. The Morgan fingerprint density at radius 1 is 1.42 bits per heavy atom. The second-order valence-corrected chi connectivity index (χ2v) is 7.74. The zero-order chi connectivity index (χ0) is 17.1. The molecule has 2 heterocycles. The first kappa shape index (κ1) is 16.8. The molecule has 24 heavy (non-hydrogen) atoms. The summed E-state index contributed by atoms with van der Waals surface area (Å²) < 4.78 is 0.899. The Morgan fingerprint density at radius 3 is 3.00 bits per heavy atom. The number of carbonyl (C=O) groups is 2. The minimum Gasteiger partial charge on any atom is -0.369 e. The number of nitrogens with two attached hydrogens (primary N) is 1. The Morgan fingerprint density at radius 2 is 2.21 bits per heavy atom. The number of benzene rings is 1. The molecule has 8 heteroatoms. The lowest BCUT2D eigenvalue weighted by molar-refractivity contribution is -0.116. The normalized spacial score (nSPS) is 13.0. The fourth-order valence-corrected chi connectivity index (χ4v) is 4.50. The van der Waals surface area contributed by atoms with Crippen molar-refractivity contribution in [3.05, 3.63) is 35.5 Å². The number of para-hydroxylation sites is 1. The van der Waals surface area contributed by atoms with Crippen LogP contribution in [-0.4, -0.2) is 35.6 Å². The minimum absolute atomic E-state index is 0.0908. The molecule has 1 aromatic carbocycles. The molecule has 3 N–H and O–H groups in total. The largest absolute Gasteiger partial charge is 0.369 e. The minimum atomic E-state index is -0.369. The van der Waals surface area contributed by atoms with E-state index in [0.717, 1.165) is 28.6 Å². The van der Waals surface area contributed by atoms with Gasteiger partial charge in [0.05, 0.1) is 22.2 Å². The highest BCUT2D eigenvalue weighted by Gasteiger charge is 2.21. The van der Waals surface area contributed by atoms with E-state index in [1.165, 1.54) is 28.7 Å². The Bertz CT molecular complexity index is 775. The van der Waals surface area contributed by atoms with Gasteiger partial charge in [-0.2, -0.15) is 0 Å². The number of thiazole rings is 1. The van der Waals surface area contributed by atoms with Crippen molar-refractivity contribution < 1.29 is 9.59 Å². The molecule has 0 bridgehead atoms. The molecule has 0 spiro atoms. The third-order valence-electron chi connectivity index (χ3n) is 3.66. The fraction of sp³-hybridized carbons (Fsp3) is 0.312. The van der Waals surface area contributed by atoms with Gasteiger partial charge >= 0.3 is 0 Å². The number of primary amides is 1. The van der Waals surface area contributed by atoms with Gasteiger partial charge in [0.1, 0.15) is 0 Å². The van der Waals surface area contributed by atoms with Crippen LogP contribution in [-0.2, 0) is 16.0 Å². The van der Waals surface area contributed by atoms with Crippen LogP contribution in [0.1, 0.15) is 11.3 Å². The van der Waals surface area contributed by atoms with Crippen molar-refractivity contribution in [2.24, 2.45) is 5.73 Å². The van der Waals surface area contributed by atoms with Gasteiger partial charge in [0, 0.05) is 12.2 Å². The third-order valence-corrected chi connectivity index (χ3v) is 6.12. The van der Waals surface area contributed by atoms with Crippen LogP contribution >= 0.6 is 23.1 Å². The summed E-state index contributed by atoms with van der Waals surface area (Å²) >= 11 is 2.71. The van der Waals surface area contributed by atoms with Gasteiger partial charge in [0.2, 0.25) is 11.8 Å². The van der Waals surface area contributed by atoms with Crippen molar-refractivity contribution in [2.75, 3.05) is 29.1 Å². The van der Waals surface area contributed by atoms with Crippen LogP contribution in [0.3, 0.4) is 0 Å². The fourth-order valence-electron chi connectivity index (χ4n) is 2.61. The van der Waals surface area contributed by atoms with Crippen molar-refractivity contribution in [1.29, 1.82) is 0 Å². The van der Waals surface area contributed by atoms with E-state index in [0.29, 0.717) is 11.7 Å². The van der Waals surface area contributed by atoms with Crippen molar-refractivity contribution in [2.45, 2.75) is 17.6 Å². The van der Waals surface area contributed by atoms with E-state index in [4.69, 9.17) is 5.73 Å². The molecule has 0 radical (unpaired) electrons. The van der Waals surface area contributed by atoms with E-state index in [1.807, 2.05) is 25.1 Å². The van der Waals surface area contributed by atoms with Crippen molar-refractivity contribution in [3.8, 4) is 0 Å². The summed E-state index contributed by atoms with van der Waals surface area (Å²) in [5.74, 6) is -0.251. The molecular weight excluding hydrogens is 344 g/mol. The molecule has 1 aliphatic heterocycles. The second kappa shape index (κ2) is 7.23. The monoisotopic (exact) mass is 362 g/mol. The van der Waals surface area contributed by atoms with Gasteiger partial charge in [0.15, 0.2) is 5.13 Å². The molecule has 0 atom stereocenters. The lowest BCUT2D eigenvalue weighted by Crippen LogP contribution is -2.31. The van der Waals surface area contributed by atoms with Crippen LogP contribution in [0, 0.1) is 6.92 Å². The summed E-state index contributed by atoms with van der Waals surface area (Å²) in [6, 6.07) is 8.15. The van der Waals surface area contributed by atoms with E-state index < -0.39 is 0 Å². The van der Waals surface area contributed by atoms with Crippen LogP contribution in [0.5, 0.6) is 0 Å². The van der Waals surface area contributed by atoms with Crippen LogP contribution in [0.2, 0.25) is 0 Å². The van der Waals surface area contributed by atoms with Gasteiger partial charge in [-0.1, -0.05) is 29.5 Å². The molecule has 0 fully saturated rings. The Hall–Kier alpha value is -2.06. The number of aromatic nitrogens is 1. The van der Waals surface area contributed by atoms with Gasteiger partial charge < -0.3 is 16.0 Å². The van der Waals surface area contributed by atoms with Crippen LogP contribution in [0.15, 0.2) is 28.5 Å². The molecule has 126 valence electrons. The third kappa shape index (κ3) is 3.88. The Labute approximate surface area is 148 Å². The maximum absolute atomic E-state index is 12.3. The highest BCUT2D eigenvalue weighted by molar-refractivity contribution is 8.01. The summed E-state index contributed by atoms with van der Waals surface area (Å²) in [5.41, 5.74) is 8.36. The van der Waals surface area contributed by atoms with Crippen LogP contribution < -0.4 is 16.0 Å². The number of hydrogen-bond acceptors (Lipinski definition) is 6. The van der Waals surface area contributed by atoms with Gasteiger partial charge in [-0.15, -0.1) is 11.8 Å². The van der Waals surface area contributed by atoms with Crippen molar-refractivity contribution in [1.82, 2.24) is 4.98 Å². The van der Waals surface area contributed by atoms with E-state index in [2.05, 4.69) is 21.3 Å². The average molecular weight is 362 g/mol. The molecule has 0 aliphatic carbocycles. The predicted molar refractivity (Wildman–Crippen MR) is 97.8 cm³/mol. The molecule has 0 saturated carbocycles. The number of nitrogens with zero attached hydrogens (tertiary/aromatic N) is 2. The lowest BCUT2D eigenvalue weighted by atomic mass is 10.2. The molecule has 0 saturated heterocycles. The summed E-state index contributed by atoms with van der Waals surface area (Å²) in [5, 5.41) is 3.40. The van der Waals surface area contributed by atoms with Crippen molar-refractivity contribution >= 4 is 45.7 Å². The number of fused-ring (bicyclic) bond motifs is 1. The van der Waals surface area contributed by atoms with E-state index in [1.54, 1.807) is 0 Å².